The van der Waals surface area contributed by atoms with Gasteiger partial charge < -0.3 is 42.1 Å². The molecule has 1 rings (SSSR count). The molecule has 0 radical (unpaired) electrons. The molecule has 0 saturated carbocycles. The van der Waals surface area contributed by atoms with E-state index < -0.39 is 66.4 Å². The smallest absolute Gasteiger partial charge is 0.328 e. The van der Waals surface area contributed by atoms with Gasteiger partial charge in [0.25, 0.3) is 0 Å². The number of aromatic hydroxyl groups is 1. The number of nitrogens with one attached hydrogen (secondary N) is 3. The largest absolute Gasteiger partial charge is 0.508 e. The number of carboxylic acids is 2. The summed E-state index contributed by atoms with van der Waals surface area (Å²) in [6, 6.07) is 0.369. The van der Waals surface area contributed by atoms with Crippen LogP contribution in [0.2, 0.25) is 0 Å². The molecule has 0 aromatic heterocycles. The van der Waals surface area contributed by atoms with E-state index in [2.05, 4.69) is 16.0 Å². The molecular formula is C23H34N4O9S. The van der Waals surface area contributed by atoms with Crippen LogP contribution in [0.25, 0.3) is 0 Å². The summed E-state index contributed by atoms with van der Waals surface area (Å²) < 4.78 is 0. The summed E-state index contributed by atoms with van der Waals surface area (Å²) in [6.45, 7) is 1.17. The number of carbonyl (C=O) groups is 5. The van der Waals surface area contributed by atoms with Crippen molar-refractivity contribution in [1.82, 2.24) is 16.0 Å². The Balaban J connectivity index is 3.15. The second-order valence-corrected chi connectivity index (χ2v) is 9.36. The molecule has 5 unspecified atom stereocenters. The van der Waals surface area contributed by atoms with Crippen LogP contribution in [-0.4, -0.2) is 92.4 Å². The van der Waals surface area contributed by atoms with Crippen molar-refractivity contribution in [2.75, 3.05) is 12.0 Å². The van der Waals surface area contributed by atoms with E-state index in [-0.39, 0.29) is 18.6 Å². The summed E-state index contributed by atoms with van der Waals surface area (Å²) in [6.07, 6.45) is -0.188. The number of aliphatic hydroxyl groups excluding tert-OH is 1. The van der Waals surface area contributed by atoms with Crippen LogP contribution in [0.1, 0.15) is 31.7 Å². The molecule has 0 aliphatic rings. The Hall–Kier alpha value is -3.36. The van der Waals surface area contributed by atoms with E-state index >= 15 is 0 Å². The van der Waals surface area contributed by atoms with Crippen molar-refractivity contribution >= 4 is 41.4 Å². The minimum absolute atomic E-state index is 0.0388. The number of hydrogen-bond donors (Lipinski definition) is 8. The molecule has 206 valence electrons. The quantitative estimate of drug-likeness (QED) is 0.124. The highest BCUT2D eigenvalue weighted by molar-refractivity contribution is 7.98. The SMILES string of the molecule is CSCCC(N)C(=O)NC(CCC(=O)O)C(=O)NC(Cc1ccc(O)cc1)C(=O)NC(C(=O)O)C(C)O. The van der Waals surface area contributed by atoms with Gasteiger partial charge in [-0.05, 0) is 49.5 Å². The average molecular weight is 543 g/mol. The first-order valence-corrected chi connectivity index (χ1v) is 12.8. The predicted molar refractivity (Wildman–Crippen MR) is 135 cm³/mol. The first kappa shape index (κ1) is 31.7. The molecule has 1 aromatic rings. The third-order valence-electron chi connectivity index (χ3n) is 5.30. The maximum Gasteiger partial charge on any atom is 0.328 e. The van der Waals surface area contributed by atoms with Crippen molar-refractivity contribution in [3.63, 3.8) is 0 Å². The van der Waals surface area contributed by atoms with Gasteiger partial charge in [0.15, 0.2) is 6.04 Å². The normalized spacial score (nSPS) is 14.9. The summed E-state index contributed by atoms with van der Waals surface area (Å²) in [5.74, 6) is -4.64. The summed E-state index contributed by atoms with van der Waals surface area (Å²) in [5, 5.41) is 44.6. The maximum absolute atomic E-state index is 13.1. The fourth-order valence-corrected chi connectivity index (χ4v) is 3.67. The van der Waals surface area contributed by atoms with Crippen molar-refractivity contribution in [2.45, 2.75) is 62.9 Å². The summed E-state index contributed by atoms with van der Waals surface area (Å²) in [4.78, 5) is 61.0. The van der Waals surface area contributed by atoms with Crippen molar-refractivity contribution in [1.29, 1.82) is 0 Å². The number of phenolic OH excluding ortho intramolecular Hbond substituents is 1. The van der Waals surface area contributed by atoms with E-state index in [9.17, 15) is 39.3 Å². The van der Waals surface area contributed by atoms with Crippen LogP contribution in [-0.2, 0) is 30.4 Å². The summed E-state index contributed by atoms with van der Waals surface area (Å²) in [5.41, 5.74) is 6.34. The molecule has 0 bridgehead atoms. The van der Waals surface area contributed by atoms with E-state index in [0.29, 0.717) is 17.7 Å². The molecule has 1 aromatic carbocycles. The Kier molecular flexibility index (Phi) is 13.4. The minimum Gasteiger partial charge on any atom is -0.508 e. The molecule has 0 spiro atoms. The van der Waals surface area contributed by atoms with E-state index in [1.165, 1.54) is 43.0 Å². The lowest BCUT2D eigenvalue weighted by molar-refractivity contribution is -0.145. The molecule has 0 saturated heterocycles. The number of rotatable bonds is 16. The molecule has 3 amide bonds. The minimum atomic E-state index is -1.66. The third kappa shape index (κ3) is 11.5. The van der Waals surface area contributed by atoms with Crippen LogP contribution in [0.3, 0.4) is 0 Å². The van der Waals surface area contributed by atoms with Crippen LogP contribution >= 0.6 is 11.8 Å². The fourth-order valence-electron chi connectivity index (χ4n) is 3.18. The lowest BCUT2D eigenvalue weighted by Crippen LogP contribution is -2.58. The van der Waals surface area contributed by atoms with Crippen LogP contribution < -0.4 is 21.7 Å². The van der Waals surface area contributed by atoms with Crippen LogP contribution in [0.15, 0.2) is 24.3 Å². The molecule has 0 heterocycles. The van der Waals surface area contributed by atoms with E-state index in [1.807, 2.05) is 6.26 Å². The molecule has 9 N–H and O–H groups in total. The zero-order valence-electron chi connectivity index (χ0n) is 20.5. The first-order chi connectivity index (χ1) is 17.3. The summed E-state index contributed by atoms with van der Waals surface area (Å²) >= 11 is 1.47. The number of aliphatic carboxylic acids is 2. The van der Waals surface area contributed by atoms with Gasteiger partial charge in [-0.25, -0.2) is 4.79 Å². The zero-order chi connectivity index (χ0) is 28.1. The fraction of sp³-hybridized carbons (Fsp3) is 0.522. The van der Waals surface area contributed by atoms with Gasteiger partial charge in [0, 0.05) is 12.8 Å². The number of benzene rings is 1. The highest BCUT2D eigenvalue weighted by Crippen LogP contribution is 2.12. The standard InChI is InChI=1S/C23H34N4O9S/c1-12(28)19(23(35)36)27-22(34)17(11-13-3-5-14(29)6-4-13)26-21(33)16(7-8-18(30)31)25-20(32)15(24)9-10-37-2/h3-6,12,15-17,19,28-29H,7-11,24H2,1-2H3,(H,25,32)(H,26,33)(H,27,34)(H,30,31)(H,35,36). The second kappa shape index (κ2) is 15.7. The molecule has 5 atom stereocenters. The van der Waals surface area contributed by atoms with Crippen LogP contribution in [0, 0.1) is 0 Å². The van der Waals surface area contributed by atoms with Gasteiger partial charge in [-0.3, -0.25) is 19.2 Å². The Labute approximate surface area is 218 Å². The Bertz CT molecular complexity index is 943. The number of thioether (sulfide) groups is 1. The number of carboxylic acid groups (broad SMARTS) is 2. The Morgan fingerprint density at radius 2 is 1.49 bits per heavy atom. The number of hydrogen-bond acceptors (Lipinski definition) is 9. The van der Waals surface area contributed by atoms with E-state index in [0.717, 1.165) is 0 Å². The van der Waals surface area contributed by atoms with Gasteiger partial charge in [-0.15, -0.1) is 0 Å². The van der Waals surface area contributed by atoms with Gasteiger partial charge in [0.05, 0.1) is 12.1 Å². The highest BCUT2D eigenvalue weighted by atomic mass is 32.2. The highest BCUT2D eigenvalue weighted by Gasteiger charge is 2.32. The topological polar surface area (TPSA) is 228 Å². The molecular weight excluding hydrogens is 508 g/mol. The molecule has 0 fully saturated rings. The van der Waals surface area contributed by atoms with Crippen molar-refractivity contribution in [2.24, 2.45) is 5.73 Å². The summed E-state index contributed by atoms with van der Waals surface area (Å²) in [7, 11) is 0. The van der Waals surface area contributed by atoms with Gasteiger partial charge in [-0.2, -0.15) is 11.8 Å². The molecule has 13 nitrogen and oxygen atoms in total. The average Bonchev–Trinajstić information content (AvgIpc) is 2.83. The number of nitrogens with two attached hydrogens (primary N) is 1. The molecule has 0 aliphatic heterocycles. The maximum atomic E-state index is 13.1. The molecule has 14 heteroatoms. The van der Waals surface area contributed by atoms with Crippen molar-refractivity contribution in [3.8, 4) is 5.75 Å². The Morgan fingerprint density at radius 1 is 0.919 bits per heavy atom. The lowest BCUT2D eigenvalue weighted by atomic mass is 10.0. The van der Waals surface area contributed by atoms with Gasteiger partial charge in [0.1, 0.15) is 17.8 Å². The number of amides is 3. The molecule has 37 heavy (non-hydrogen) atoms. The monoisotopic (exact) mass is 542 g/mol. The second-order valence-electron chi connectivity index (χ2n) is 8.38. The third-order valence-corrected chi connectivity index (χ3v) is 5.95. The van der Waals surface area contributed by atoms with Crippen molar-refractivity contribution < 1.29 is 44.4 Å². The van der Waals surface area contributed by atoms with Gasteiger partial charge >= 0.3 is 11.9 Å². The Morgan fingerprint density at radius 3 is 2.00 bits per heavy atom. The zero-order valence-corrected chi connectivity index (χ0v) is 21.4. The lowest BCUT2D eigenvalue weighted by Gasteiger charge is -2.26. The number of phenols is 1. The van der Waals surface area contributed by atoms with E-state index in [1.54, 1.807) is 0 Å². The van der Waals surface area contributed by atoms with Gasteiger partial charge in [0.2, 0.25) is 17.7 Å². The predicted octanol–water partition coefficient (Wildman–Crippen LogP) is -1.20. The number of aliphatic hydroxyl groups is 1. The van der Waals surface area contributed by atoms with Crippen LogP contribution in [0.4, 0.5) is 0 Å². The molecule has 0 aliphatic carbocycles. The number of carbonyl (C=O) groups excluding carboxylic acids is 3. The first-order valence-electron chi connectivity index (χ1n) is 11.4. The van der Waals surface area contributed by atoms with E-state index in [4.69, 9.17) is 10.8 Å². The van der Waals surface area contributed by atoms with Gasteiger partial charge in [-0.1, -0.05) is 12.1 Å². The van der Waals surface area contributed by atoms with Crippen molar-refractivity contribution in [3.05, 3.63) is 29.8 Å². The van der Waals surface area contributed by atoms with Crippen LogP contribution in [0.5, 0.6) is 5.75 Å².